The fourth-order valence-electron chi connectivity index (χ4n) is 4.01. The number of anilines is 2. The summed E-state index contributed by atoms with van der Waals surface area (Å²) in [4.78, 5) is 46.9. The van der Waals surface area contributed by atoms with Gasteiger partial charge in [0.2, 0.25) is 11.8 Å². The van der Waals surface area contributed by atoms with E-state index in [1.54, 1.807) is 35.6 Å². The minimum Gasteiger partial charge on any atom is -0.481 e. The summed E-state index contributed by atoms with van der Waals surface area (Å²) in [5.41, 5.74) is 3.90. The van der Waals surface area contributed by atoms with Crippen LogP contribution >= 0.6 is 0 Å². The molecule has 9 heteroatoms. The second-order valence-electron chi connectivity index (χ2n) is 8.41. The third kappa shape index (κ3) is 6.63. The van der Waals surface area contributed by atoms with Crippen molar-refractivity contribution in [2.24, 2.45) is 0 Å². The summed E-state index contributed by atoms with van der Waals surface area (Å²) in [6.45, 7) is 0.825. The van der Waals surface area contributed by atoms with Gasteiger partial charge in [0, 0.05) is 49.5 Å². The predicted molar refractivity (Wildman–Crippen MR) is 131 cm³/mol. The molecule has 0 bridgehead atoms. The van der Waals surface area contributed by atoms with Crippen LogP contribution in [0.1, 0.15) is 29.7 Å². The van der Waals surface area contributed by atoms with E-state index in [2.05, 4.69) is 20.6 Å². The predicted octanol–water partition coefficient (Wildman–Crippen LogP) is 2.89. The molecule has 0 aliphatic carbocycles. The van der Waals surface area contributed by atoms with Crippen molar-refractivity contribution >= 4 is 29.2 Å². The molecule has 180 valence electrons. The van der Waals surface area contributed by atoms with Gasteiger partial charge in [-0.05, 0) is 36.1 Å². The Kier molecular flexibility index (Phi) is 7.67. The molecule has 0 saturated carbocycles. The minimum atomic E-state index is -1.06. The Bertz CT molecular complexity index is 1190. The van der Waals surface area contributed by atoms with E-state index in [1.165, 1.54) is 0 Å². The molecule has 3 N–H and O–H groups in total. The first-order valence-corrected chi connectivity index (χ1v) is 11.5. The summed E-state index contributed by atoms with van der Waals surface area (Å²) in [5.74, 6) is -1.49. The van der Waals surface area contributed by atoms with Crippen LogP contribution in [-0.4, -0.2) is 50.3 Å². The number of rotatable bonds is 9. The number of carboxylic acid groups (broad SMARTS) is 1. The Labute approximate surface area is 203 Å². The fraction of sp³-hybridized carbons (Fsp3) is 0.269. The molecule has 2 aromatic carbocycles. The normalized spacial score (nSPS) is 15.0. The molecule has 1 aliphatic heterocycles. The molecule has 0 radical (unpaired) electrons. The largest absolute Gasteiger partial charge is 0.481 e. The summed E-state index contributed by atoms with van der Waals surface area (Å²) in [7, 11) is 0. The maximum absolute atomic E-state index is 13.2. The molecular formula is C26H27N5O4. The lowest BCUT2D eigenvalue weighted by Crippen LogP contribution is -2.42. The van der Waals surface area contributed by atoms with Crippen LogP contribution in [0, 0.1) is 0 Å². The number of benzene rings is 2. The van der Waals surface area contributed by atoms with E-state index >= 15 is 0 Å². The Hall–Kier alpha value is -4.27. The summed E-state index contributed by atoms with van der Waals surface area (Å²) in [6, 6.07) is 14.3. The van der Waals surface area contributed by atoms with Gasteiger partial charge in [0.25, 0.3) is 0 Å². The highest BCUT2D eigenvalue weighted by molar-refractivity contribution is 5.93. The van der Waals surface area contributed by atoms with Gasteiger partial charge in [-0.2, -0.15) is 0 Å². The van der Waals surface area contributed by atoms with Crippen LogP contribution in [0.4, 0.5) is 11.4 Å². The molecule has 1 aromatic heterocycles. The monoisotopic (exact) mass is 473 g/mol. The average Bonchev–Trinajstić information content (AvgIpc) is 2.98. The van der Waals surface area contributed by atoms with E-state index in [0.29, 0.717) is 37.3 Å². The van der Waals surface area contributed by atoms with Crippen molar-refractivity contribution in [2.45, 2.75) is 38.3 Å². The van der Waals surface area contributed by atoms with Crippen LogP contribution in [-0.2, 0) is 33.8 Å². The van der Waals surface area contributed by atoms with Crippen molar-refractivity contribution in [3.8, 4) is 0 Å². The second kappa shape index (κ2) is 11.2. The van der Waals surface area contributed by atoms with Crippen LogP contribution < -0.4 is 10.6 Å². The number of nitrogens with zero attached hydrogens (tertiary/aromatic N) is 3. The van der Waals surface area contributed by atoms with Gasteiger partial charge in [-0.3, -0.25) is 24.4 Å². The van der Waals surface area contributed by atoms with E-state index in [0.717, 1.165) is 16.8 Å². The lowest BCUT2D eigenvalue weighted by molar-refractivity contribution is -0.141. The first-order chi connectivity index (χ1) is 17.0. The Balaban J connectivity index is 1.47. The van der Waals surface area contributed by atoms with Crippen molar-refractivity contribution in [3.05, 3.63) is 83.9 Å². The van der Waals surface area contributed by atoms with Gasteiger partial charge in [-0.15, -0.1) is 0 Å². The third-order valence-corrected chi connectivity index (χ3v) is 5.81. The van der Waals surface area contributed by atoms with Crippen LogP contribution in [0.25, 0.3) is 0 Å². The van der Waals surface area contributed by atoms with E-state index < -0.39 is 12.0 Å². The van der Waals surface area contributed by atoms with Crippen LogP contribution in [0.15, 0.2) is 67.1 Å². The number of carboxylic acids is 1. The lowest BCUT2D eigenvalue weighted by atomic mass is 10.1. The lowest BCUT2D eigenvalue weighted by Gasteiger charge is -2.24. The highest BCUT2D eigenvalue weighted by Gasteiger charge is 2.30. The molecular weight excluding hydrogens is 446 g/mol. The smallest absolute Gasteiger partial charge is 0.305 e. The van der Waals surface area contributed by atoms with E-state index in [4.69, 9.17) is 0 Å². The van der Waals surface area contributed by atoms with Crippen molar-refractivity contribution in [1.82, 2.24) is 14.9 Å². The number of aryl methyl sites for hydroxylation is 1. The highest BCUT2D eigenvalue weighted by atomic mass is 16.4. The molecule has 0 spiro atoms. The van der Waals surface area contributed by atoms with Crippen molar-refractivity contribution in [3.63, 3.8) is 0 Å². The SMILES string of the molecule is O=C(O)C[C@H]1Nc2cc(NC(=O)CCc3cnccn3)ccc2CN(CCc2ccccc2)C1=O. The minimum absolute atomic E-state index is 0.174. The first kappa shape index (κ1) is 23.9. The number of aliphatic carboxylic acids is 1. The molecule has 2 amide bonds. The summed E-state index contributed by atoms with van der Waals surface area (Å²) < 4.78 is 0. The summed E-state index contributed by atoms with van der Waals surface area (Å²) >= 11 is 0. The Morgan fingerprint density at radius 2 is 1.94 bits per heavy atom. The maximum atomic E-state index is 13.2. The van der Waals surface area contributed by atoms with E-state index in [-0.39, 0.29) is 24.7 Å². The maximum Gasteiger partial charge on any atom is 0.305 e. The highest BCUT2D eigenvalue weighted by Crippen LogP contribution is 2.28. The van der Waals surface area contributed by atoms with Crippen molar-refractivity contribution in [1.29, 1.82) is 0 Å². The number of carbonyl (C=O) groups excluding carboxylic acids is 2. The molecule has 0 fully saturated rings. The van der Waals surface area contributed by atoms with E-state index in [9.17, 15) is 19.5 Å². The topological polar surface area (TPSA) is 125 Å². The van der Waals surface area contributed by atoms with Crippen molar-refractivity contribution in [2.75, 3.05) is 17.2 Å². The molecule has 3 aromatic rings. The van der Waals surface area contributed by atoms with Crippen LogP contribution in [0.3, 0.4) is 0 Å². The molecule has 1 atom stereocenters. The number of hydrogen-bond donors (Lipinski definition) is 3. The molecule has 2 heterocycles. The van der Waals surface area contributed by atoms with Gasteiger partial charge in [0.15, 0.2) is 0 Å². The zero-order valence-corrected chi connectivity index (χ0v) is 19.2. The number of carbonyl (C=O) groups is 3. The molecule has 9 nitrogen and oxygen atoms in total. The second-order valence-corrected chi connectivity index (χ2v) is 8.41. The van der Waals surface area contributed by atoms with Gasteiger partial charge in [0.1, 0.15) is 6.04 Å². The van der Waals surface area contributed by atoms with Gasteiger partial charge >= 0.3 is 5.97 Å². The molecule has 0 saturated heterocycles. The molecule has 35 heavy (non-hydrogen) atoms. The van der Waals surface area contributed by atoms with Gasteiger partial charge in [-0.1, -0.05) is 36.4 Å². The van der Waals surface area contributed by atoms with Crippen LogP contribution in [0.2, 0.25) is 0 Å². The molecule has 0 unspecified atom stereocenters. The molecule has 4 rings (SSSR count). The van der Waals surface area contributed by atoms with Gasteiger partial charge < -0.3 is 20.6 Å². The van der Waals surface area contributed by atoms with E-state index in [1.807, 2.05) is 36.4 Å². The number of hydrogen-bond acceptors (Lipinski definition) is 6. The first-order valence-electron chi connectivity index (χ1n) is 11.5. The fourth-order valence-corrected chi connectivity index (χ4v) is 4.01. The van der Waals surface area contributed by atoms with Gasteiger partial charge in [-0.25, -0.2) is 0 Å². The third-order valence-electron chi connectivity index (χ3n) is 5.81. The number of amides is 2. The quantitative estimate of drug-likeness (QED) is 0.436. The number of fused-ring (bicyclic) bond motifs is 1. The standard InChI is InChI=1S/C26H27N5O4/c32-24(9-8-21-16-27-11-12-28-21)29-20-7-6-19-17-31(13-10-18-4-2-1-3-5-18)26(35)23(15-25(33)34)30-22(19)14-20/h1-7,11-12,14,16,23,30H,8-10,13,15,17H2,(H,29,32)(H,33,34)/t23-/m1/s1. The zero-order chi connectivity index (χ0) is 24.6. The van der Waals surface area contributed by atoms with Crippen LogP contribution in [0.5, 0.6) is 0 Å². The van der Waals surface area contributed by atoms with Crippen molar-refractivity contribution < 1.29 is 19.5 Å². The summed E-state index contributed by atoms with van der Waals surface area (Å²) in [6.07, 6.45) is 5.84. The number of aromatic nitrogens is 2. The Morgan fingerprint density at radius 3 is 2.69 bits per heavy atom. The summed E-state index contributed by atoms with van der Waals surface area (Å²) in [5, 5.41) is 15.3. The van der Waals surface area contributed by atoms with Gasteiger partial charge in [0.05, 0.1) is 12.1 Å². The number of nitrogens with one attached hydrogen (secondary N) is 2. The Morgan fingerprint density at radius 1 is 1.11 bits per heavy atom. The zero-order valence-electron chi connectivity index (χ0n) is 19.2. The molecule has 1 aliphatic rings. The average molecular weight is 474 g/mol.